The lowest BCUT2D eigenvalue weighted by Gasteiger charge is -2.26. The Labute approximate surface area is 170 Å². The quantitative estimate of drug-likeness (QED) is 0.554. The van der Waals surface area contributed by atoms with E-state index >= 15 is 0 Å². The van der Waals surface area contributed by atoms with Crippen molar-refractivity contribution in [3.8, 4) is 0 Å². The van der Waals surface area contributed by atoms with Crippen LogP contribution >= 0.6 is 0 Å². The zero-order chi connectivity index (χ0) is 20.5. The second kappa shape index (κ2) is 10.6. The molecule has 3 rings (SSSR count). The molecule has 1 aliphatic heterocycles. The number of nitrogens with zero attached hydrogens (tertiary/aromatic N) is 1. The van der Waals surface area contributed by atoms with E-state index in [9.17, 15) is 9.59 Å². The molecule has 1 fully saturated rings. The highest BCUT2D eigenvalue weighted by molar-refractivity contribution is 6.06. The fourth-order valence-electron chi connectivity index (χ4n) is 3.02. The molecular formula is C24H25NO4. The monoisotopic (exact) mass is 391 g/mol. The van der Waals surface area contributed by atoms with Crippen LogP contribution in [0.25, 0.3) is 12.2 Å². The summed E-state index contributed by atoms with van der Waals surface area (Å²) < 4.78 is 5.36. The van der Waals surface area contributed by atoms with E-state index in [1.54, 1.807) is 18.2 Å². The van der Waals surface area contributed by atoms with Crippen molar-refractivity contribution in [2.45, 2.75) is 6.54 Å². The summed E-state index contributed by atoms with van der Waals surface area (Å²) >= 11 is 0. The molecule has 150 valence electrons. The van der Waals surface area contributed by atoms with Crippen LogP contribution in [0.5, 0.6) is 0 Å². The number of aliphatic hydroxyl groups is 1. The molecule has 1 aliphatic rings. The molecule has 0 unspecified atom stereocenters. The average molecular weight is 391 g/mol. The molecule has 0 aromatic heterocycles. The summed E-state index contributed by atoms with van der Waals surface area (Å²) in [6.07, 6.45) is 6.33. The van der Waals surface area contributed by atoms with Gasteiger partial charge in [-0.25, -0.2) is 0 Å². The van der Waals surface area contributed by atoms with Gasteiger partial charge < -0.3 is 9.84 Å². The maximum Gasteiger partial charge on any atom is 0.185 e. The summed E-state index contributed by atoms with van der Waals surface area (Å²) in [6.45, 7) is 3.82. The third-order valence-corrected chi connectivity index (χ3v) is 4.73. The fourth-order valence-corrected chi connectivity index (χ4v) is 3.02. The Morgan fingerprint density at radius 1 is 0.897 bits per heavy atom. The van der Waals surface area contributed by atoms with E-state index in [0.717, 1.165) is 44.0 Å². The second-order valence-corrected chi connectivity index (χ2v) is 6.91. The largest absolute Gasteiger partial charge is 0.388 e. The van der Waals surface area contributed by atoms with E-state index in [1.165, 1.54) is 11.6 Å². The summed E-state index contributed by atoms with van der Waals surface area (Å²) in [6, 6.07) is 15.2. The van der Waals surface area contributed by atoms with Crippen molar-refractivity contribution in [3.05, 3.63) is 82.9 Å². The standard InChI is InChI=1S/C24H25NO4/c26-18-23(27)11-7-19-1-3-20(4-2-19)8-12-24(28)22-9-5-21(6-10-22)17-25-13-15-29-16-14-25/h1-12,26H,13-18H2/b11-7+,12-8+. The van der Waals surface area contributed by atoms with Gasteiger partial charge in [0.1, 0.15) is 6.61 Å². The third-order valence-electron chi connectivity index (χ3n) is 4.73. The minimum Gasteiger partial charge on any atom is -0.388 e. The van der Waals surface area contributed by atoms with Gasteiger partial charge in [-0.3, -0.25) is 14.5 Å². The number of aliphatic hydroxyl groups excluding tert-OH is 1. The fraction of sp³-hybridized carbons (Fsp3) is 0.250. The summed E-state index contributed by atoms with van der Waals surface area (Å²) in [4.78, 5) is 25.8. The highest BCUT2D eigenvalue weighted by Gasteiger charge is 2.11. The van der Waals surface area contributed by atoms with Gasteiger partial charge in [0, 0.05) is 25.2 Å². The van der Waals surface area contributed by atoms with Crippen molar-refractivity contribution in [2.24, 2.45) is 0 Å². The summed E-state index contributed by atoms with van der Waals surface area (Å²) in [5.41, 5.74) is 3.60. The highest BCUT2D eigenvalue weighted by Crippen LogP contribution is 2.12. The molecule has 0 bridgehead atoms. The van der Waals surface area contributed by atoms with Gasteiger partial charge in [-0.05, 0) is 28.8 Å². The Balaban J connectivity index is 1.55. The van der Waals surface area contributed by atoms with Crippen molar-refractivity contribution in [1.29, 1.82) is 0 Å². The Hall–Kier alpha value is -2.86. The van der Waals surface area contributed by atoms with Gasteiger partial charge in [0.2, 0.25) is 0 Å². The van der Waals surface area contributed by atoms with E-state index in [-0.39, 0.29) is 11.6 Å². The van der Waals surface area contributed by atoms with Crippen LogP contribution < -0.4 is 0 Å². The molecule has 0 spiro atoms. The van der Waals surface area contributed by atoms with E-state index in [2.05, 4.69) is 4.90 Å². The van der Waals surface area contributed by atoms with Crippen LogP contribution in [-0.4, -0.2) is 54.5 Å². The maximum absolute atomic E-state index is 12.4. The average Bonchev–Trinajstić information content (AvgIpc) is 2.77. The molecule has 5 nitrogen and oxygen atoms in total. The van der Waals surface area contributed by atoms with Crippen molar-refractivity contribution in [3.63, 3.8) is 0 Å². The molecule has 0 aliphatic carbocycles. The lowest BCUT2D eigenvalue weighted by molar-refractivity contribution is -0.117. The smallest absolute Gasteiger partial charge is 0.185 e. The van der Waals surface area contributed by atoms with Crippen LogP contribution in [0.15, 0.2) is 60.7 Å². The van der Waals surface area contributed by atoms with Crippen LogP contribution in [0.4, 0.5) is 0 Å². The SMILES string of the molecule is O=C(/C=C/c1ccc(/C=C/C(=O)c2ccc(CN3CCOCC3)cc2)cc1)CO. The first kappa shape index (κ1) is 20.9. The predicted octanol–water partition coefficient (Wildman–Crippen LogP) is 2.99. The number of carbonyl (C=O) groups is 2. The summed E-state index contributed by atoms with van der Waals surface area (Å²) in [5.74, 6) is -0.379. The molecule has 5 heteroatoms. The van der Waals surface area contributed by atoms with Crippen LogP contribution in [0.1, 0.15) is 27.0 Å². The van der Waals surface area contributed by atoms with Gasteiger partial charge in [0.05, 0.1) is 13.2 Å². The van der Waals surface area contributed by atoms with E-state index in [4.69, 9.17) is 9.84 Å². The van der Waals surface area contributed by atoms with Crippen molar-refractivity contribution >= 4 is 23.7 Å². The first-order chi connectivity index (χ1) is 14.1. The minimum atomic E-state index is -0.492. The summed E-state index contributed by atoms with van der Waals surface area (Å²) in [5, 5.41) is 8.71. The third kappa shape index (κ3) is 6.61. The highest BCUT2D eigenvalue weighted by atomic mass is 16.5. The first-order valence-electron chi connectivity index (χ1n) is 9.67. The van der Waals surface area contributed by atoms with Gasteiger partial charge in [0.15, 0.2) is 11.6 Å². The number of allylic oxidation sites excluding steroid dienone is 1. The molecule has 0 atom stereocenters. The topological polar surface area (TPSA) is 66.8 Å². The number of carbonyl (C=O) groups excluding carboxylic acids is 2. The first-order valence-corrected chi connectivity index (χ1v) is 9.67. The van der Waals surface area contributed by atoms with E-state index in [0.29, 0.717) is 5.56 Å². The number of hydrogen-bond acceptors (Lipinski definition) is 5. The van der Waals surface area contributed by atoms with Gasteiger partial charge in [-0.1, -0.05) is 60.7 Å². The van der Waals surface area contributed by atoms with E-state index < -0.39 is 6.61 Å². The predicted molar refractivity (Wildman–Crippen MR) is 113 cm³/mol. The lowest BCUT2D eigenvalue weighted by atomic mass is 10.1. The van der Waals surface area contributed by atoms with Crippen LogP contribution in [-0.2, 0) is 16.1 Å². The normalized spacial score (nSPS) is 15.2. The summed E-state index contributed by atoms with van der Waals surface area (Å²) in [7, 11) is 0. The van der Waals surface area contributed by atoms with E-state index in [1.807, 2.05) is 48.5 Å². The molecule has 2 aromatic rings. The number of morpholine rings is 1. The molecular weight excluding hydrogens is 366 g/mol. The zero-order valence-corrected chi connectivity index (χ0v) is 16.3. The van der Waals surface area contributed by atoms with Gasteiger partial charge in [0.25, 0.3) is 0 Å². The van der Waals surface area contributed by atoms with Gasteiger partial charge >= 0.3 is 0 Å². The number of rotatable bonds is 8. The number of ketones is 2. The Bertz CT molecular complexity index is 876. The Morgan fingerprint density at radius 2 is 1.48 bits per heavy atom. The van der Waals surface area contributed by atoms with Gasteiger partial charge in [-0.2, -0.15) is 0 Å². The van der Waals surface area contributed by atoms with Crippen molar-refractivity contribution in [1.82, 2.24) is 4.90 Å². The molecule has 2 aromatic carbocycles. The number of benzene rings is 2. The Morgan fingerprint density at radius 3 is 2.07 bits per heavy atom. The van der Waals surface area contributed by atoms with Crippen LogP contribution in [0.3, 0.4) is 0 Å². The van der Waals surface area contributed by atoms with Crippen molar-refractivity contribution < 1.29 is 19.4 Å². The second-order valence-electron chi connectivity index (χ2n) is 6.91. The molecule has 1 saturated heterocycles. The molecule has 0 radical (unpaired) electrons. The number of ether oxygens (including phenoxy) is 1. The lowest BCUT2D eigenvalue weighted by Crippen LogP contribution is -2.35. The van der Waals surface area contributed by atoms with Gasteiger partial charge in [-0.15, -0.1) is 0 Å². The Kier molecular flexibility index (Phi) is 7.64. The van der Waals surface area contributed by atoms with Crippen LogP contribution in [0, 0.1) is 0 Å². The minimum absolute atomic E-state index is 0.0413. The molecule has 29 heavy (non-hydrogen) atoms. The molecule has 0 saturated carbocycles. The van der Waals surface area contributed by atoms with Crippen molar-refractivity contribution in [2.75, 3.05) is 32.9 Å². The van der Waals surface area contributed by atoms with Crippen LogP contribution in [0.2, 0.25) is 0 Å². The molecule has 1 N–H and O–H groups in total. The molecule has 1 heterocycles. The molecule has 0 amide bonds. The zero-order valence-electron chi connectivity index (χ0n) is 16.3. The maximum atomic E-state index is 12.4. The number of hydrogen-bond donors (Lipinski definition) is 1.